The summed E-state index contributed by atoms with van der Waals surface area (Å²) < 4.78 is 14.6. The highest BCUT2D eigenvalue weighted by atomic mass is 19.1. The summed E-state index contributed by atoms with van der Waals surface area (Å²) in [6.45, 7) is 1.29. The Morgan fingerprint density at radius 3 is 2.96 bits per heavy atom. The highest BCUT2D eigenvalue weighted by Crippen LogP contribution is 2.26. The summed E-state index contributed by atoms with van der Waals surface area (Å²) in [5.41, 5.74) is 3.52. The molecule has 2 aromatic carbocycles. The Balaban J connectivity index is 1.44. The fourth-order valence-corrected chi connectivity index (χ4v) is 3.60. The average molecular weight is 380 g/mol. The van der Waals surface area contributed by atoms with Crippen LogP contribution < -0.4 is 15.8 Å². The molecule has 1 aromatic heterocycles. The predicted molar refractivity (Wildman–Crippen MR) is 106 cm³/mol. The van der Waals surface area contributed by atoms with Gasteiger partial charge in [-0.2, -0.15) is 0 Å². The number of hydrogen-bond donors (Lipinski definition) is 1. The fourth-order valence-electron chi connectivity index (χ4n) is 3.60. The van der Waals surface area contributed by atoms with Crippen LogP contribution >= 0.6 is 0 Å². The Hall–Kier alpha value is -3.22. The molecule has 0 bridgehead atoms. The van der Waals surface area contributed by atoms with Gasteiger partial charge in [0, 0.05) is 25.8 Å². The van der Waals surface area contributed by atoms with Gasteiger partial charge in [-0.05, 0) is 48.2 Å². The average Bonchev–Trinajstić information content (AvgIpc) is 2.69. The Labute approximate surface area is 161 Å². The molecule has 0 radical (unpaired) electrons. The molecule has 4 rings (SSSR count). The van der Waals surface area contributed by atoms with Gasteiger partial charge in [0.15, 0.2) is 0 Å². The number of anilines is 1. The van der Waals surface area contributed by atoms with E-state index in [-0.39, 0.29) is 17.8 Å². The normalized spacial score (nSPS) is 13.4. The standard InChI is InChI=1S/C21H21FN4O2/c1-25-8-2-3-15-9-14(4-7-19(15)25)11-23-20(27)12-26-13-24-18-6-5-16(22)10-17(18)21(26)28/h4-7,9-10,13H,2-3,8,11-12H2,1H3,(H,23,27). The number of nitrogens with one attached hydrogen (secondary N) is 1. The molecule has 144 valence electrons. The van der Waals surface area contributed by atoms with Gasteiger partial charge in [0.05, 0.1) is 17.2 Å². The van der Waals surface area contributed by atoms with Gasteiger partial charge >= 0.3 is 0 Å². The van der Waals surface area contributed by atoms with Gasteiger partial charge in [-0.15, -0.1) is 0 Å². The molecule has 0 atom stereocenters. The lowest BCUT2D eigenvalue weighted by Gasteiger charge is -2.27. The van der Waals surface area contributed by atoms with E-state index in [2.05, 4.69) is 34.4 Å². The first-order chi connectivity index (χ1) is 13.5. The minimum atomic E-state index is -0.508. The summed E-state index contributed by atoms with van der Waals surface area (Å²) in [4.78, 5) is 31.1. The first-order valence-corrected chi connectivity index (χ1v) is 9.25. The number of amides is 1. The molecule has 0 fully saturated rings. The lowest BCUT2D eigenvalue weighted by Crippen LogP contribution is -2.32. The van der Waals surface area contributed by atoms with Crippen molar-refractivity contribution in [3.05, 3.63) is 70.0 Å². The van der Waals surface area contributed by atoms with Gasteiger partial charge < -0.3 is 10.2 Å². The van der Waals surface area contributed by atoms with Crippen molar-refractivity contribution in [2.75, 3.05) is 18.5 Å². The van der Waals surface area contributed by atoms with Crippen LogP contribution in [0.2, 0.25) is 0 Å². The second-order valence-corrected chi connectivity index (χ2v) is 7.10. The number of aromatic nitrogens is 2. The van der Waals surface area contributed by atoms with Gasteiger partial charge in [-0.25, -0.2) is 9.37 Å². The quantitative estimate of drug-likeness (QED) is 0.754. The van der Waals surface area contributed by atoms with Crippen molar-refractivity contribution in [1.29, 1.82) is 0 Å². The summed E-state index contributed by atoms with van der Waals surface area (Å²) in [5.74, 6) is -0.804. The lowest BCUT2D eigenvalue weighted by atomic mass is 9.99. The summed E-state index contributed by atoms with van der Waals surface area (Å²) in [6.07, 6.45) is 3.48. The molecule has 1 amide bonds. The van der Waals surface area contributed by atoms with Crippen LogP contribution in [0.4, 0.5) is 10.1 Å². The number of hydrogen-bond acceptors (Lipinski definition) is 4. The molecule has 0 unspecified atom stereocenters. The maximum atomic E-state index is 13.4. The second-order valence-electron chi connectivity index (χ2n) is 7.10. The van der Waals surface area contributed by atoms with E-state index in [0.29, 0.717) is 12.1 Å². The largest absolute Gasteiger partial charge is 0.374 e. The molecule has 1 aliphatic heterocycles. The van der Waals surface area contributed by atoms with Gasteiger partial charge in [0.25, 0.3) is 5.56 Å². The van der Waals surface area contributed by atoms with Gasteiger partial charge in [-0.3, -0.25) is 14.2 Å². The van der Waals surface area contributed by atoms with Crippen molar-refractivity contribution in [3.63, 3.8) is 0 Å². The molecule has 0 saturated carbocycles. The summed E-state index contributed by atoms with van der Waals surface area (Å²) in [5, 5.41) is 3.00. The minimum Gasteiger partial charge on any atom is -0.374 e. The number of halogens is 1. The van der Waals surface area contributed by atoms with Crippen molar-refractivity contribution in [2.45, 2.75) is 25.9 Å². The van der Waals surface area contributed by atoms with Gasteiger partial charge in [-0.1, -0.05) is 12.1 Å². The topological polar surface area (TPSA) is 67.2 Å². The van der Waals surface area contributed by atoms with Crippen molar-refractivity contribution in [1.82, 2.24) is 14.9 Å². The number of rotatable bonds is 4. The van der Waals surface area contributed by atoms with E-state index < -0.39 is 11.4 Å². The zero-order valence-corrected chi connectivity index (χ0v) is 15.6. The summed E-state index contributed by atoms with van der Waals surface area (Å²) in [6, 6.07) is 10.1. The highest BCUT2D eigenvalue weighted by molar-refractivity contribution is 5.79. The van der Waals surface area contributed by atoms with Gasteiger partial charge in [0.2, 0.25) is 5.91 Å². The number of carbonyl (C=O) groups is 1. The Morgan fingerprint density at radius 2 is 2.11 bits per heavy atom. The molecule has 0 spiro atoms. The van der Waals surface area contributed by atoms with Crippen LogP contribution in [0.3, 0.4) is 0 Å². The van der Waals surface area contributed by atoms with Crippen LogP contribution in [0.5, 0.6) is 0 Å². The highest BCUT2D eigenvalue weighted by Gasteiger charge is 2.14. The summed E-state index contributed by atoms with van der Waals surface area (Å²) >= 11 is 0. The molecular formula is C21H21FN4O2. The molecule has 0 saturated heterocycles. The minimum absolute atomic E-state index is 0.161. The van der Waals surface area contributed by atoms with Crippen LogP contribution in [0.15, 0.2) is 47.5 Å². The SMILES string of the molecule is CN1CCCc2cc(CNC(=O)Cn3cnc4ccc(F)cc4c3=O)ccc21. The number of aryl methyl sites for hydroxylation is 1. The molecule has 2 heterocycles. The Morgan fingerprint density at radius 1 is 1.25 bits per heavy atom. The van der Waals surface area contributed by atoms with Crippen molar-refractivity contribution < 1.29 is 9.18 Å². The van der Waals surface area contributed by atoms with Crippen LogP contribution in [-0.2, 0) is 24.3 Å². The third-order valence-electron chi connectivity index (χ3n) is 5.08. The number of benzene rings is 2. The monoisotopic (exact) mass is 380 g/mol. The van der Waals surface area contributed by atoms with E-state index in [1.54, 1.807) is 0 Å². The second kappa shape index (κ2) is 7.42. The molecule has 3 aromatic rings. The maximum Gasteiger partial charge on any atom is 0.261 e. The van der Waals surface area contributed by atoms with E-state index in [0.717, 1.165) is 31.0 Å². The maximum absolute atomic E-state index is 13.4. The Bertz CT molecular complexity index is 1110. The van der Waals surface area contributed by atoms with Crippen LogP contribution in [-0.4, -0.2) is 29.1 Å². The lowest BCUT2D eigenvalue weighted by molar-refractivity contribution is -0.121. The first kappa shape index (κ1) is 18.2. The van der Waals surface area contributed by atoms with Crippen LogP contribution in [0.25, 0.3) is 10.9 Å². The van der Waals surface area contributed by atoms with Crippen molar-refractivity contribution in [2.24, 2.45) is 0 Å². The zero-order valence-electron chi connectivity index (χ0n) is 15.6. The van der Waals surface area contributed by atoms with Crippen LogP contribution in [0, 0.1) is 5.82 Å². The number of nitrogens with zero attached hydrogens (tertiary/aromatic N) is 3. The molecule has 0 aliphatic carbocycles. The summed E-state index contributed by atoms with van der Waals surface area (Å²) in [7, 11) is 2.08. The predicted octanol–water partition coefficient (Wildman–Crippen LogP) is 2.23. The van der Waals surface area contributed by atoms with E-state index in [1.165, 1.54) is 34.3 Å². The third-order valence-corrected chi connectivity index (χ3v) is 5.08. The van der Waals surface area contributed by atoms with E-state index in [1.807, 2.05) is 6.07 Å². The Kier molecular flexibility index (Phi) is 4.81. The molecule has 1 aliphatic rings. The molecule has 28 heavy (non-hydrogen) atoms. The van der Waals surface area contributed by atoms with Gasteiger partial charge in [0.1, 0.15) is 12.4 Å². The zero-order chi connectivity index (χ0) is 19.7. The number of fused-ring (bicyclic) bond motifs is 2. The van der Waals surface area contributed by atoms with E-state index >= 15 is 0 Å². The smallest absolute Gasteiger partial charge is 0.261 e. The van der Waals surface area contributed by atoms with E-state index in [9.17, 15) is 14.0 Å². The third kappa shape index (κ3) is 3.60. The van der Waals surface area contributed by atoms with Crippen LogP contribution in [0.1, 0.15) is 17.5 Å². The van der Waals surface area contributed by atoms with E-state index in [4.69, 9.17) is 0 Å². The number of carbonyl (C=O) groups excluding carboxylic acids is 1. The molecule has 6 nitrogen and oxygen atoms in total. The molecule has 1 N–H and O–H groups in total. The fraction of sp³-hybridized carbons (Fsp3) is 0.286. The van der Waals surface area contributed by atoms with Crippen molar-refractivity contribution in [3.8, 4) is 0 Å². The van der Waals surface area contributed by atoms with Crippen molar-refractivity contribution >= 4 is 22.5 Å². The first-order valence-electron chi connectivity index (χ1n) is 9.25. The molecule has 7 heteroatoms. The molecular weight excluding hydrogens is 359 g/mol.